The van der Waals surface area contributed by atoms with E-state index in [0.717, 1.165) is 19.3 Å². The van der Waals surface area contributed by atoms with Crippen LogP contribution in [0, 0.1) is 5.92 Å². The summed E-state index contributed by atoms with van der Waals surface area (Å²) in [5.74, 6) is 0.704. The molecule has 1 heterocycles. The second-order valence-corrected chi connectivity index (χ2v) is 10.5. The summed E-state index contributed by atoms with van der Waals surface area (Å²) in [7, 11) is 5.37. The topological polar surface area (TPSA) is 88.5 Å². The Morgan fingerprint density at radius 3 is 2.36 bits per heavy atom. The molecule has 1 saturated heterocycles. The number of amides is 1. The Balaban J connectivity index is 2.02. The van der Waals surface area contributed by atoms with E-state index in [1.165, 1.54) is 4.90 Å². The molecule has 0 radical (unpaired) electrons. The van der Waals surface area contributed by atoms with E-state index in [9.17, 15) is 14.7 Å². The maximum absolute atomic E-state index is 13.3. The molecule has 1 N–H and O–H groups in total. The zero-order chi connectivity index (χ0) is 28.5. The van der Waals surface area contributed by atoms with Crippen LogP contribution in [0.15, 0.2) is 48.0 Å². The maximum Gasteiger partial charge on any atom is 0.295 e. The number of unbranched alkanes of at least 4 members (excludes halogenated alkanes) is 1. The van der Waals surface area contributed by atoms with E-state index in [2.05, 4.69) is 20.8 Å². The fourth-order valence-electron chi connectivity index (χ4n) is 4.34. The Kier molecular flexibility index (Phi) is 10.8. The molecule has 39 heavy (non-hydrogen) atoms. The average Bonchev–Trinajstić information content (AvgIpc) is 3.17. The minimum absolute atomic E-state index is 0.0499. The molecule has 1 unspecified atom stereocenters. The molecule has 1 atom stereocenters. The predicted molar refractivity (Wildman–Crippen MR) is 152 cm³/mol. The lowest BCUT2D eigenvalue weighted by Gasteiger charge is -2.27. The molecule has 1 aliphatic heterocycles. The van der Waals surface area contributed by atoms with Crippen molar-refractivity contribution >= 4 is 17.4 Å². The van der Waals surface area contributed by atoms with Crippen molar-refractivity contribution in [3.63, 3.8) is 0 Å². The van der Waals surface area contributed by atoms with Gasteiger partial charge >= 0.3 is 0 Å². The lowest BCUT2D eigenvalue weighted by molar-refractivity contribution is -0.140. The fourth-order valence-corrected chi connectivity index (χ4v) is 4.34. The van der Waals surface area contributed by atoms with Gasteiger partial charge in [0.15, 0.2) is 11.5 Å². The van der Waals surface area contributed by atoms with E-state index >= 15 is 0 Å². The summed E-state index contributed by atoms with van der Waals surface area (Å²) in [6.45, 7) is 8.39. The minimum atomic E-state index is -0.774. The number of ether oxygens (including phenoxy) is 3. The molecule has 3 rings (SSSR count). The van der Waals surface area contributed by atoms with Crippen LogP contribution >= 0.6 is 0 Å². The number of methoxy groups -OCH3 is 1. The number of likely N-dealkylation sites (tertiary alicyclic amines) is 1. The lowest BCUT2D eigenvalue weighted by Crippen LogP contribution is -2.35. The molecule has 8 nitrogen and oxygen atoms in total. The molecule has 1 fully saturated rings. The number of aliphatic hydroxyl groups excluding tert-OH is 1. The van der Waals surface area contributed by atoms with Crippen LogP contribution < -0.4 is 14.2 Å². The van der Waals surface area contributed by atoms with Crippen LogP contribution in [0.2, 0.25) is 0 Å². The first-order valence-electron chi connectivity index (χ1n) is 13.6. The number of ketones is 1. The van der Waals surface area contributed by atoms with E-state index in [1.807, 2.05) is 25.1 Å². The van der Waals surface area contributed by atoms with Crippen LogP contribution in [0.4, 0.5) is 0 Å². The third kappa shape index (κ3) is 7.53. The smallest absolute Gasteiger partial charge is 0.295 e. The van der Waals surface area contributed by atoms with Gasteiger partial charge in [-0.2, -0.15) is 0 Å². The molecule has 0 saturated carbocycles. The van der Waals surface area contributed by atoms with E-state index in [4.69, 9.17) is 14.2 Å². The summed E-state index contributed by atoms with van der Waals surface area (Å²) in [5.41, 5.74) is 1.14. The SMILES string of the molecule is CCCCOc1ccc(C(O)=C2C(=O)C(=O)N(CCN(C)C)C2c2ccc(OCCC(C)C)c(OC)c2)cc1. The third-order valence-electron chi connectivity index (χ3n) is 6.68. The summed E-state index contributed by atoms with van der Waals surface area (Å²) >= 11 is 0. The zero-order valence-electron chi connectivity index (χ0n) is 24.0. The van der Waals surface area contributed by atoms with Crippen molar-refractivity contribution in [3.8, 4) is 17.2 Å². The first kappa shape index (κ1) is 30.0. The number of benzene rings is 2. The monoisotopic (exact) mass is 538 g/mol. The van der Waals surface area contributed by atoms with Gasteiger partial charge in [-0.05, 0) is 74.8 Å². The number of likely N-dealkylation sites (N-methyl/N-ethyl adjacent to an activating group) is 1. The van der Waals surface area contributed by atoms with Crippen LogP contribution in [0.5, 0.6) is 17.2 Å². The van der Waals surface area contributed by atoms with Crippen molar-refractivity contribution in [1.29, 1.82) is 0 Å². The molecule has 0 aliphatic carbocycles. The predicted octanol–water partition coefficient (Wildman–Crippen LogP) is 5.28. The Bertz CT molecular complexity index is 1160. The summed E-state index contributed by atoms with van der Waals surface area (Å²) in [4.78, 5) is 30.0. The second-order valence-electron chi connectivity index (χ2n) is 10.5. The molecule has 8 heteroatoms. The molecule has 1 aliphatic rings. The van der Waals surface area contributed by atoms with E-state index in [1.54, 1.807) is 43.5 Å². The first-order chi connectivity index (χ1) is 18.7. The van der Waals surface area contributed by atoms with Crippen LogP contribution in [0.1, 0.15) is 57.2 Å². The van der Waals surface area contributed by atoms with E-state index in [0.29, 0.717) is 60.6 Å². The van der Waals surface area contributed by atoms with Gasteiger partial charge in [-0.3, -0.25) is 9.59 Å². The Hall–Kier alpha value is -3.52. The number of aliphatic hydroxyl groups is 1. The molecule has 2 aromatic carbocycles. The molecule has 0 spiro atoms. The van der Waals surface area contributed by atoms with E-state index in [-0.39, 0.29) is 11.3 Å². The minimum Gasteiger partial charge on any atom is -0.507 e. The number of carbonyl (C=O) groups is 2. The van der Waals surface area contributed by atoms with Gasteiger partial charge in [-0.1, -0.05) is 33.3 Å². The van der Waals surface area contributed by atoms with E-state index < -0.39 is 17.7 Å². The maximum atomic E-state index is 13.3. The summed E-state index contributed by atoms with van der Waals surface area (Å²) in [6.07, 6.45) is 2.88. The zero-order valence-corrected chi connectivity index (χ0v) is 24.0. The molecule has 1 amide bonds. The summed E-state index contributed by atoms with van der Waals surface area (Å²) in [5, 5.41) is 11.4. The third-order valence-corrected chi connectivity index (χ3v) is 6.68. The number of hydrogen-bond acceptors (Lipinski definition) is 7. The standard InChI is InChI=1S/C31H42N2O6/c1-7-8-18-38-24-12-9-22(10-13-24)29(34)27-28(33(17-16-32(4)5)31(36)30(27)35)23-11-14-25(26(20-23)37-6)39-19-15-21(2)3/h9-14,20-21,28,34H,7-8,15-19H2,1-6H3. The number of rotatable bonds is 14. The second kappa shape index (κ2) is 14.0. The first-order valence-corrected chi connectivity index (χ1v) is 13.6. The largest absolute Gasteiger partial charge is 0.507 e. The highest BCUT2D eigenvalue weighted by Gasteiger charge is 2.46. The average molecular weight is 539 g/mol. The number of Topliss-reactive ketones (excluding diaryl/α,β-unsaturated/α-hetero) is 1. The fraction of sp³-hybridized carbons (Fsp3) is 0.484. The lowest BCUT2D eigenvalue weighted by atomic mass is 9.95. The normalized spacial score (nSPS) is 16.8. The van der Waals surface area contributed by atoms with Gasteiger partial charge in [-0.25, -0.2) is 0 Å². The van der Waals surface area contributed by atoms with Crippen molar-refractivity contribution in [3.05, 3.63) is 59.2 Å². The van der Waals surface area contributed by atoms with Crippen LogP contribution in [-0.2, 0) is 9.59 Å². The van der Waals surface area contributed by atoms with Gasteiger partial charge in [0, 0.05) is 18.7 Å². The Morgan fingerprint density at radius 1 is 1.03 bits per heavy atom. The van der Waals surface area contributed by atoms with Crippen molar-refractivity contribution in [2.24, 2.45) is 5.92 Å². The van der Waals surface area contributed by atoms with Crippen LogP contribution in [-0.4, -0.2) is 74.1 Å². The highest BCUT2D eigenvalue weighted by Crippen LogP contribution is 2.42. The number of carbonyl (C=O) groups excluding carboxylic acids is 2. The van der Waals surface area contributed by atoms with Crippen molar-refractivity contribution in [1.82, 2.24) is 9.80 Å². The summed E-state index contributed by atoms with van der Waals surface area (Å²) < 4.78 is 17.3. The van der Waals surface area contributed by atoms with Crippen molar-refractivity contribution in [2.45, 2.75) is 46.1 Å². The van der Waals surface area contributed by atoms with Gasteiger partial charge in [0.25, 0.3) is 11.7 Å². The molecule has 0 bridgehead atoms. The summed E-state index contributed by atoms with van der Waals surface area (Å²) in [6, 6.07) is 11.5. The van der Waals surface area contributed by atoms with Gasteiger partial charge < -0.3 is 29.1 Å². The highest BCUT2D eigenvalue weighted by molar-refractivity contribution is 6.46. The van der Waals surface area contributed by atoms with Crippen molar-refractivity contribution in [2.75, 3.05) is 47.5 Å². The highest BCUT2D eigenvalue weighted by atomic mass is 16.5. The van der Waals surface area contributed by atoms with Gasteiger partial charge in [0.1, 0.15) is 11.5 Å². The molecule has 2 aromatic rings. The molecular weight excluding hydrogens is 496 g/mol. The molecule has 212 valence electrons. The van der Waals surface area contributed by atoms with Gasteiger partial charge in [0.05, 0.1) is 31.9 Å². The van der Waals surface area contributed by atoms with Crippen molar-refractivity contribution < 1.29 is 28.9 Å². The number of nitrogens with zero attached hydrogens (tertiary/aromatic N) is 2. The molecular formula is C31H42N2O6. The van der Waals surface area contributed by atoms with Gasteiger partial charge in [-0.15, -0.1) is 0 Å². The van der Waals surface area contributed by atoms with Crippen LogP contribution in [0.25, 0.3) is 5.76 Å². The number of hydrogen-bond donors (Lipinski definition) is 1. The quantitative estimate of drug-likeness (QED) is 0.151. The Morgan fingerprint density at radius 2 is 1.74 bits per heavy atom. The van der Waals surface area contributed by atoms with Crippen LogP contribution in [0.3, 0.4) is 0 Å². The Labute approximate surface area is 232 Å². The molecule has 0 aromatic heterocycles. The van der Waals surface area contributed by atoms with Gasteiger partial charge in [0.2, 0.25) is 0 Å².